The Bertz CT molecular complexity index is 760. The number of aryl methyl sites for hydroxylation is 2. The Balaban J connectivity index is 2.04. The van der Waals surface area contributed by atoms with E-state index < -0.39 is 0 Å². The number of amides is 1. The molecule has 2 heterocycles. The van der Waals surface area contributed by atoms with Crippen molar-refractivity contribution in [2.24, 2.45) is 7.05 Å². The van der Waals surface area contributed by atoms with E-state index in [-0.39, 0.29) is 17.5 Å². The van der Waals surface area contributed by atoms with Gasteiger partial charge in [0, 0.05) is 36.1 Å². The Labute approximate surface area is 135 Å². The molecule has 0 bridgehead atoms. The van der Waals surface area contributed by atoms with Gasteiger partial charge in [-0.05, 0) is 39.7 Å². The maximum absolute atomic E-state index is 12.9. The molecule has 1 amide bonds. The van der Waals surface area contributed by atoms with Crippen LogP contribution in [0.1, 0.15) is 32.3 Å². The molecule has 3 rings (SSSR count). The highest BCUT2D eigenvalue weighted by Gasteiger charge is 2.40. The number of nitrogens with one attached hydrogen (secondary N) is 2. The van der Waals surface area contributed by atoms with Crippen molar-refractivity contribution < 1.29 is 4.79 Å². The molecule has 1 aromatic rings. The van der Waals surface area contributed by atoms with Gasteiger partial charge in [-0.25, -0.2) is 0 Å². The molecule has 1 aliphatic heterocycles. The van der Waals surface area contributed by atoms with Gasteiger partial charge < -0.3 is 15.3 Å². The number of pyridine rings is 1. The van der Waals surface area contributed by atoms with Crippen molar-refractivity contribution in [3.05, 3.63) is 39.5 Å². The van der Waals surface area contributed by atoms with E-state index in [0.29, 0.717) is 28.7 Å². The summed E-state index contributed by atoms with van der Waals surface area (Å²) in [5, 5.41) is 11.3. The minimum Gasteiger partial charge on any atom is -0.378 e. The van der Waals surface area contributed by atoms with E-state index in [1.165, 1.54) is 4.57 Å². The van der Waals surface area contributed by atoms with Gasteiger partial charge in [0.25, 0.3) is 11.5 Å². The van der Waals surface area contributed by atoms with Crippen LogP contribution in [0.2, 0.25) is 0 Å². The van der Waals surface area contributed by atoms with Crippen LogP contribution in [0.15, 0.2) is 28.3 Å². The summed E-state index contributed by atoms with van der Waals surface area (Å²) in [7, 11) is 1.68. The van der Waals surface area contributed by atoms with E-state index in [2.05, 4.69) is 5.32 Å². The lowest BCUT2D eigenvalue weighted by Gasteiger charge is -2.24. The van der Waals surface area contributed by atoms with Crippen LogP contribution in [0.5, 0.6) is 0 Å². The highest BCUT2D eigenvalue weighted by Crippen LogP contribution is 2.32. The predicted molar refractivity (Wildman–Crippen MR) is 90.0 cm³/mol. The molecule has 0 radical (unpaired) electrons. The number of rotatable bonds is 4. The highest BCUT2D eigenvalue weighted by atomic mass is 16.2. The summed E-state index contributed by atoms with van der Waals surface area (Å²) in [6.45, 7) is 5.38. The Morgan fingerprint density at radius 3 is 2.52 bits per heavy atom. The number of anilines is 1. The molecule has 122 valence electrons. The predicted octanol–water partition coefficient (Wildman–Crippen LogP) is 1.47. The van der Waals surface area contributed by atoms with Crippen LogP contribution in [0.25, 0.3) is 0 Å². The van der Waals surface area contributed by atoms with Gasteiger partial charge in [-0.2, -0.15) is 0 Å². The molecule has 1 saturated carbocycles. The molecule has 1 fully saturated rings. The van der Waals surface area contributed by atoms with Gasteiger partial charge in [-0.1, -0.05) is 0 Å². The summed E-state index contributed by atoms with van der Waals surface area (Å²) in [4.78, 5) is 26.5. The first kappa shape index (κ1) is 15.5. The van der Waals surface area contributed by atoms with Crippen LogP contribution >= 0.6 is 0 Å². The second kappa shape index (κ2) is 5.37. The van der Waals surface area contributed by atoms with E-state index >= 15 is 0 Å². The third kappa shape index (κ3) is 2.58. The van der Waals surface area contributed by atoms with Crippen molar-refractivity contribution in [1.82, 2.24) is 9.88 Å². The molecule has 2 aliphatic rings. The van der Waals surface area contributed by atoms with Gasteiger partial charge in [-0.3, -0.25) is 14.5 Å². The Morgan fingerprint density at radius 1 is 1.35 bits per heavy atom. The number of aromatic nitrogens is 1. The first-order valence-corrected chi connectivity index (χ1v) is 7.88. The van der Waals surface area contributed by atoms with Gasteiger partial charge in [0.2, 0.25) is 0 Å². The summed E-state index contributed by atoms with van der Waals surface area (Å²) < 4.78 is 1.49. The number of nitrogens with zero attached hydrogens (tertiary/aromatic N) is 2. The fourth-order valence-corrected chi connectivity index (χ4v) is 3.15. The third-order valence-electron chi connectivity index (χ3n) is 4.46. The Morgan fingerprint density at radius 2 is 2.00 bits per heavy atom. The van der Waals surface area contributed by atoms with Crippen LogP contribution in [-0.2, 0) is 11.8 Å². The Hall–Kier alpha value is -2.37. The van der Waals surface area contributed by atoms with Crippen molar-refractivity contribution in [3.8, 4) is 0 Å². The average molecular weight is 314 g/mol. The van der Waals surface area contributed by atoms with Gasteiger partial charge in [-0.15, -0.1) is 0 Å². The number of carbonyl (C=O) groups is 1. The molecule has 1 aromatic heterocycles. The van der Waals surface area contributed by atoms with Crippen LogP contribution in [0, 0.1) is 12.3 Å². The second-order valence-corrected chi connectivity index (χ2v) is 6.48. The molecule has 0 aromatic carbocycles. The molecule has 0 spiro atoms. The maximum Gasteiger partial charge on any atom is 0.275 e. The van der Waals surface area contributed by atoms with E-state index in [0.717, 1.165) is 18.4 Å². The Kier molecular flexibility index (Phi) is 3.62. The van der Waals surface area contributed by atoms with E-state index in [1.807, 2.05) is 6.92 Å². The fraction of sp³-hybridized carbons (Fsp3) is 0.471. The van der Waals surface area contributed by atoms with E-state index in [1.54, 1.807) is 38.1 Å². The lowest BCUT2D eigenvalue weighted by Crippen LogP contribution is -2.37. The lowest BCUT2D eigenvalue weighted by atomic mass is 10.0. The van der Waals surface area contributed by atoms with Gasteiger partial charge >= 0.3 is 0 Å². The second-order valence-electron chi connectivity index (χ2n) is 6.48. The summed E-state index contributed by atoms with van der Waals surface area (Å²) in [6, 6.07) is 1.86. The first-order chi connectivity index (χ1) is 10.8. The largest absolute Gasteiger partial charge is 0.378 e. The van der Waals surface area contributed by atoms with Crippen molar-refractivity contribution in [1.29, 1.82) is 5.41 Å². The minimum atomic E-state index is -0.224. The number of carbonyl (C=O) groups excluding carboxylic acids is 1. The SMILES string of the molecule is CC(=N)C1=C(NC2CC2)C(=O)N(c2cc(C)c(=O)n(C)c2)[C@@H]1C. The molecule has 1 aliphatic carbocycles. The van der Waals surface area contributed by atoms with Crippen molar-refractivity contribution in [2.75, 3.05) is 4.90 Å². The maximum atomic E-state index is 12.9. The third-order valence-corrected chi connectivity index (χ3v) is 4.46. The van der Waals surface area contributed by atoms with Gasteiger partial charge in [0.05, 0.1) is 11.7 Å². The zero-order valence-electron chi connectivity index (χ0n) is 13.9. The molecule has 6 nitrogen and oxygen atoms in total. The first-order valence-electron chi connectivity index (χ1n) is 7.88. The monoisotopic (exact) mass is 314 g/mol. The van der Waals surface area contributed by atoms with Crippen LogP contribution in [0.3, 0.4) is 0 Å². The average Bonchev–Trinajstić information content (AvgIpc) is 3.23. The normalized spacial score (nSPS) is 21.1. The van der Waals surface area contributed by atoms with Crippen molar-refractivity contribution in [3.63, 3.8) is 0 Å². The van der Waals surface area contributed by atoms with Crippen LogP contribution in [-0.4, -0.2) is 28.3 Å². The molecular formula is C17H22N4O2. The molecule has 0 unspecified atom stereocenters. The highest BCUT2D eigenvalue weighted by molar-refractivity contribution is 6.17. The van der Waals surface area contributed by atoms with Crippen molar-refractivity contribution >= 4 is 17.3 Å². The molecule has 23 heavy (non-hydrogen) atoms. The number of hydrogen-bond donors (Lipinski definition) is 2. The summed E-state index contributed by atoms with van der Waals surface area (Å²) in [5.41, 5.74) is 2.90. The zero-order valence-corrected chi connectivity index (χ0v) is 13.9. The molecule has 0 saturated heterocycles. The quantitative estimate of drug-likeness (QED) is 0.826. The van der Waals surface area contributed by atoms with Gasteiger partial charge in [0.15, 0.2) is 0 Å². The summed E-state index contributed by atoms with van der Waals surface area (Å²) in [6.07, 6.45) is 3.81. The number of hydrogen-bond acceptors (Lipinski definition) is 4. The van der Waals surface area contributed by atoms with Gasteiger partial charge in [0.1, 0.15) is 5.70 Å². The topological polar surface area (TPSA) is 78.2 Å². The zero-order chi connectivity index (χ0) is 16.9. The molecule has 1 atom stereocenters. The van der Waals surface area contributed by atoms with Crippen LogP contribution < -0.4 is 15.8 Å². The standard InChI is InChI=1S/C17H22N4O2/c1-9-7-13(8-20(4)16(9)22)21-11(3)14(10(2)18)15(17(21)23)19-12-5-6-12/h7-8,11-12,18-19H,5-6H2,1-4H3/t11-/m1/s1. The van der Waals surface area contributed by atoms with E-state index in [9.17, 15) is 9.59 Å². The summed E-state index contributed by atoms with van der Waals surface area (Å²) in [5.74, 6) is -0.121. The fourth-order valence-electron chi connectivity index (χ4n) is 3.15. The molecular weight excluding hydrogens is 292 g/mol. The minimum absolute atomic E-state index is 0.0687. The smallest absolute Gasteiger partial charge is 0.275 e. The van der Waals surface area contributed by atoms with Crippen LogP contribution in [0.4, 0.5) is 5.69 Å². The van der Waals surface area contributed by atoms with E-state index in [4.69, 9.17) is 5.41 Å². The lowest BCUT2D eigenvalue weighted by molar-refractivity contribution is -0.115. The molecule has 6 heteroatoms. The summed E-state index contributed by atoms with van der Waals surface area (Å²) >= 11 is 0. The van der Waals surface area contributed by atoms with Crippen molar-refractivity contribution in [2.45, 2.75) is 45.7 Å². The molecule has 2 N–H and O–H groups in total.